The van der Waals surface area contributed by atoms with E-state index in [0.29, 0.717) is 5.56 Å². The Labute approximate surface area is 176 Å². The van der Waals surface area contributed by atoms with Crippen molar-refractivity contribution in [1.82, 2.24) is 4.98 Å². The van der Waals surface area contributed by atoms with Crippen LogP contribution in [0.1, 0.15) is 21.5 Å². The summed E-state index contributed by atoms with van der Waals surface area (Å²) in [4.78, 5) is 17.2. The van der Waals surface area contributed by atoms with Crippen molar-refractivity contribution in [1.29, 1.82) is 0 Å². The summed E-state index contributed by atoms with van der Waals surface area (Å²) in [6, 6.07) is 21.3. The minimum Gasteiger partial charge on any atom is -0.322 e. The van der Waals surface area contributed by atoms with E-state index in [2.05, 4.69) is 10.3 Å². The second-order valence-corrected chi connectivity index (χ2v) is 9.04. The van der Waals surface area contributed by atoms with Crippen LogP contribution in [-0.4, -0.2) is 10.9 Å². The number of halogens is 1. The molecule has 6 heteroatoms. The summed E-state index contributed by atoms with van der Waals surface area (Å²) >= 11 is 9.27. The molecule has 0 aliphatic heterocycles. The van der Waals surface area contributed by atoms with Crippen molar-refractivity contribution in [3.05, 3.63) is 88.4 Å². The third-order valence-corrected chi connectivity index (χ3v) is 6.78. The van der Waals surface area contributed by atoms with Gasteiger partial charge in [-0.2, -0.15) is 0 Å². The fraction of sp³-hybridized carbons (Fsp3) is 0.0909. The second-order valence-electron chi connectivity index (χ2n) is 6.35. The van der Waals surface area contributed by atoms with Gasteiger partial charge in [-0.1, -0.05) is 53.7 Å². The van der Waals surface area contributed by atoms with Crippen LogP contribution in [0.15, 0.2) is 71.1 Å². The topological polar surface area (TPSA) is 42.0 Å². The van der Waals surface area contributed by atoms with Crippen molar-refractivity contribution < 1.29 is 4.79 Å². The van der Waals surface area contributed by atoms with Crippen LogP contribution in [0.5, 0.6) is 0 Å². The van der Waals surface area contributed by atoms with E-state index in [9.17, 15) is 4.79 Å². The van der Waals surface area contributed by atoms with Crippen molar-refractivity contribution in [3.8, 4) is 0 Å². The summed E-state index contributed by atoms with van der Waals surface area (Å²) in [5.41, 5.74) is 4.57. The molecule has 3 aromatic carbocycles. The number of carbonyl (C=O) groups excluding carboxylic acids is 1. The van der Waals surface area contributed by atoms with E-state index in [1.807, 2.05) is 73.7 Å². The van der Waals surface area contributed by atoms with Crippen LogP contribution in [0.3, 0.4) is 0 Å². The Bertz CT molecular complexity index is 1140. The molecule has 0 saturated heterocycles. The second kappa shape index (κ2) is 8.35. The van der Waals surface area contributed by atoms with Crippen LogP contribution in [0.2, 0.25) is 5.02 Å². The normalized spacial score (nSPS) is 10.9. The summed E-state index contributed by atoms with van der Waals surface area (Å²) < 4.78 is 2.06. The van der Waals surface area contributed by atoms with E-state index in [1.54, 1.807) is 23.1 Å². The molecule has 4 aromatic rings. The Morgan fingerprint density at radius 1 is 1.11 bits per heavy atom. The quantitative estimate of drug-likeness (QED) is 0.358. The standard InChI is InChI=1S/C22H17ClN2OS2/c1-14-4-2-3-5-18(14)21(26)24-17-10-11-19-20(12-17)28-22(25-19)27-13-15-6-8-16(23)9-7-15/h2-12H,13H2,1H3,(H,24,26). The van der Waals surface area contributed by atoms with Crippen LogP contribution in [0.25, 0.3) is 10.2 Å². The SMILES string of the molecule is Cc1ccccc1C(=O)Nc1ccc2nc(SCc3ccc(Cl)cc3)sc2c1. The molecule has 1 N–H and O–H groups in total. The molecular weight excluding hydrogens is 408 g/mol. The Hall–Kier alpha value is -2.34. The number of aromatic nitrogens is 1. The molecule has 0 aliphatic rings. The van der Waals surface area contributed by atoms with Crippen LogP contribution in [0.4, 0.5) is 5.69 Å². The van der Waals surface area contributed by atoms with Gasteiger partial charge in [0.1, 0.15) is 0 Å². The molecular formula is C22H17ClN2OS2. The van der Waals surface area contributed by atoms with Crippen LogP contribution < -0.4 is 5.32 Å². The number of thioether (sulfide) groups is 1. The van der Waals surface area contributed by atoms with Crippen LogP contribution >= 0.6 is 34.7 Å². The molecule has 1 heterocycles. The van der Waals surface area contributed by atoms with E-state index in [0.717, 1.165) is 36.6 Å². The van der Waals surface area contributed by atoms with Gasteiger partial charge < -0.3 is 5.32 Å². The third kappa shape index (κ3) is 4.38. The molecule has 0 spiro atoms. The maximum Gasteiger partial charge on any atom is 0.255 e. The maximum atomic E-state index is 12.5. The zero-order valence-corrected chi connectivity index (χ0v) is 17.5. The molecule has 1 aromatic heterocycles. The highest BCUT2D eigenvalue weighted by Gasteiger charge is 2.10. The van der Waals surface area contributed by atoms with E-state index in [4.69, 9.17) is 11.6 Å². The summed E-state index contributed by atoms with van der Waals surface area (Å²) in [5, 5.41) is 3.73. The average molecular weight is 425 g/mol. The molecule has 4 rings (SSSR count). The number of hydrogen-bond donors (Lipinski definition) is 1. The molecule has 140 valence electrons. The summed E-state index contributed by atoms with van der Waals surface area (Å²) in [5.74, 6) is 0.743. The Kier molecular flexibility index (Phi) is 5.67. The first-order valence-electron chi connectivity index (χ1n) is 8.73. The number of rotatable bonds is 5. The molecule has 0 atom stereocenters. The van der Waals surface area contributed by atoms with Crippen LogP contribution in [0, 0.1) is 6.92 Å². The van der Waals surface area contributed by atoms with Gasteiger partial charge in [-0.15, -0.1) is 11.3 Å². The first-order chi connectivity index (χ1) is 13.6. The highest BCUT2D eigenvalue weighted by Crippen LogP contribution is 2.33. The molecule has 0 radical (unpaired) electrons. The molecule has 0 bridgehead atoms. The largest absolute Gasteiger partial charge is 0.322 e. The number of thiazole rings is 1. The van der Waals surface area contributed by atoms with E-state index < -0.39 is 0 Å². The minimum atomic E-state index is -0.0979. The van der Waals surface area contributed by atoms with Gasteiger partial charge in [0.05, 0.1) is 10.2 Å². The lowest BCUT2D eigenvalue weighted by atomic mass is 10.1. The maximum absolute atomic E-state index is 12.5. The monoisotopic (exact) mass is 424 g/mol. The summed E-state index contributed by atoms with van der Waals surface area (Å²) in [6.07, 6.45) is 0. The molecule has 0 aliphatic carbocycles. The number of benzene rings is 3. The first kappa shape index (κ1) is 19.0. The Morgan fingerprint density at radius 3 is 2.68 bits per heavy atom. The molecule has 0 fully saturated rings. The van der Waals surface area contributed by atoms with Crippen LogP contribution in [-0.2, 0) is 5.75 Å². The van der Waals surface area contributed by atoms with Gasteiger partial charge in [-0.3, -0.25) is 4.79 Å². The van der Waals surface area contributed by atoms with Gasteiger partial charge in [0.15, 0.2) is 4.34 Å². The first-order valence-corrected chi connectivity index (χ1v) is 10.9. The number of aryl methyl sites for hydroxylation is 1. The van der Waals surface area contributed by atoms with E-state index >= 15 is 0 Å². The minimum absolute atomic E-state index is 0.0979. The third-order valence-electron chi connectivity index (χ3n) is 4.29. The van der Waals surface area contributed by atoms with Crippen molar-refractivity contribution >= 4 is 56.5 Å². The zero-order valence-electron chi connectivity index (χ0n) is 15.1. The number of nitrogens with zero attached hydrogens (tertiary/aromatic N) is 1. The van der Waals surface area contributed by atoms with Gasteiger partial charge in [0, 0.05) is 22.0 Å². The number of amides is 1. The zero-order chi connectivity index (χ0) is 19.5. The number of carbonyl (C=O) groups is 1. The lowest BCUT2D eigenvalue weighted by molar-refractivity contribution is 0.102. The Morgan fingerprint density at radius 2 is 1.89 bits per heavy atom. The molecule has 0 unspecified atom stereocenters. The molecule has 1 amide bonds. The smallest absolute Gasteiger partial charge is 0.255 e. The van der Waals surface area contributed by atoms with E-state index in [-0.39, 0.29) is 5.91 Å². The molecule has 28 heavy (non-hydrogen) atoms. The van der Waals surface area contributed by atoms with Crippen molar-refractivity contribution in [2.75, 3.05) is 5.32 Å². The summed E-state index contributed by atoms with van der Waals surface area (Å²) in [6.45, 7) is 1.94. The van der Waals surface area contributed by atoms with Gasteiger partial charge >= 0.3 is 0 Å². The van der Waals surface area contributed by atoms with Gasteiger partial charge in [0.2, 0.25) is 0 Å². The van der Waals surface area contributed by atoms with Gasteiger partial charge in [-0.25, -0.2) is 4.98 Å². The highest BCUT2D eigenvalue weighted by molar-refractivity contribution is 8.00. The number of anilines is 1. The Balaban J connectivity index is 1.47. The fourth-order valence-corrected chi connectivity index (χ4v) is 4.98. The van der Waals surface area contributed by atoms with Crippen molar-refractivity contribution in [2.45, 2.75) is 17.0 Å². The van der Waals surface area contributed by atoms with Crippen molar-refractivity contribution in [3.63, 3.8) is 0 Å². The lowest BCUT2D eigenvalue weighted by Gasteiger charge is -2.07. The predicted molar refractivity (Wildman–Crippen MR) is 120 cm³/mol. The van der Waals surface area contributed by atoms with Gasteiger partial charge in [-0.05, 0) is 54.4 Å². The number of nitrogens with one attached hydrogen (secondary N) is 1. The average Bonchev–Trinajstić information content (AvgIpc) is 3.10. The summed E-state index contributed by atoms with van der Waals surface area (Å²) in [7, 11) is 0. The molecule has 3 nitrogen and oxygen atoms in total. The van der Waals surface area contributed by atoms with Crippen molar-refractivity contribution in [2.24, 2.45) is 0 Å². The van der Waals surface area contributed by atoms with Gasteiger partial charge in [0.25, 0.3) is 5.91 Å². The highest BCUT2D eigenvalue weighted by atomic mass is 35.5. The fourth-order valence-electron chi connectivity index (χ4n) is 2.79. The number of hydrogen-bond acceptors (Lipinski definition) is 4. The predicted octanol–water partition coefficient (Wildman–Crippen LogP) is 6.80. The lowest BCUT2D eigenvalue weighted by Crippen LogP contribution is -2.13. The van der Waals surface area contributed by atoms with E-state index in [1.165, 1.54) is 5.56 Å². The molecule has 0 saturated carbocycles. The number of fused-ring (bicyclic) bond motifs is 1.